The molecule has 20 nitrogen and oxygen atoms in total. The summed E-state index contributed by atoms with van der Waals surface area (Å²) in [5, 5.41) is 19.4. The Kier molecular flexibility index (Phi) is 16.9. The van der Waals surface area contributed by atoms with Crippen LogP contribution in [0, 0.1) is 41.5 Å². The SMILES string of the molecule is C=c1c(-c2cnccn2)nn2c(=O)cc(C)nc12.C=c1c(C(C)C)nc2c(C(=O)OC(C)C)c(C(C)C)nn2c1=O.C=c1c(C(C)C)nn2c(=O)c(C)c(C(C)C)nc12.C=c1c(C)nn2c(=O)c(C)c(-c3ccc(C)cc3C)nc12. The summed E-state index contributed by atoms with van der Waals surface area (Å²) < 4.78 is 10.5. The standard InChI is InChI=1S/C17H23N3O3.C17H17N3O.C14H19N3O.C12H9N5O/c1-8(2)13-11(7)16(21)20-15(18-13)12(14(19-20)9(3)4)17(22)23-10(5)6;1-9-6-7-14(10(2)8-9)15-12(4)17(21)20-16(18-15)11(3)13(5)19-20;1-7(2)11-10(6)14(18)17-13(15-11)9(5)12(16-17)8(3)4;1-7-5-10(18)17-12(15-7)8(2)11(16-17)9-6-13-3-4-14-9/h8-10H,7H2,1-6H3;6-8H,3H2,1-2,4-5H3;7-8H,5H2,1-4,6H3;3-6H,2H2,1H3. The second kappa shape index (κ2) is 23.1. The minimum Gasteiger partial charge on any atom is -0.459 e. The molecule has 0 aliphatic rings. The van der Waals surface area contributed by atoms with Crippen LogP contribution < -0.4 is 43.1 Å². The average Bonchev–Trinajstić information content (AvgIpc) is 4.23. The van der Waals surface area contributed by atoms with Crippen LogP contribution in [0.5, 0.6) is 0 Å². The molecule has 0 saturated carbocycles. The molecule has 0 bridgehead atoms. The molecule has 80 heavy (non-hydrogen) atoms. The van der Waals surface area contributed by atoms with Crippen molar-refractivity contribution in [2.45, 2.75) is 141 Å². The number of carbonyl (C=O) groups is 1. The van der Waals surface area contributed by atoms with Crippen molar-refractivity contribution in [3.63, 3.8) is 0 Å². The summed E-state index contributed by atoms with van der Waals surface area (Å²) in [5.74, 6) is -0.0637. The Bertz CT molecular complexity index is 4490. The number of carbonyl (C=O) groups excluding carboxylic acids is 1. The molecule has 10 rings (SSSR count). The molecule has 0 atom stereocenters. The molecule has 0 spiro atoms. The molecule has 414 valence electrons. The van der Waals surface area contributed by atoms with Crippen molar-refractivity contribution in [3.8, 4) is 22.6 Å². The number of ether oxygens (including phenoxy) is 1. The molecule has 0 aliphatic carbocycles. The Morgan fingerprint density at radius 1 is 0.525 bits per heavy atom. The smallest absolute Gasteiger partial charge is 0.344 e. The van der Waals surface area contributed by atoms with Crippen molar-refractivity contribution >= 4 is 54.9 Å². The number of hydrogen-bond acceptors (Lipinski definition) is 16. The van der Waals surface area contributed by atoms with E-state index in [-0.39, 0.29) is 63.2 Å². The second-order valence-electron chi connectivity index (χ2n) is 21.3. The highest BCUT2D eigenvalue weighted by Crippen LogP contribution is 2.25. The van der Waals surface area contributed by atoms with E-state index in [4.69, 9.17) is 4.74 Å². The first-order chi connectivity index (χ1) is 37.5. The van der Waals surface area contributed by atoms with Gasteiger partial charge in [0.25, 0.3) is 22.2 Å². The number of benzene rings is 1. The quantitative estimate of drug-likeness (QED) is 0.161. The molecule has 0 aliphatic heterocycles. The van der Waals surface area contributed by atoms with E-state index in [9.17, 15) is 24.0 Å². The highest BCUT2D eigenvalue weighted by Gasteiger charge is 2.27. The second-order valence-corrected chi connectivity index (χ2v) is 21.3. The van der Waals surface area contributed by atoms with Crippen molar-refractivity contribution in [1.29, 1.82) is 0 Å². The van der Waals surface area contributed by atoms with E-state index < -0.39 is 5.97 Å². The number of nitrogens with zero attached hydrogens (tertiary/aromatic N) is 14. The Labute approximate surface area is 461 Å². The van der Waals surface area contributed by atoms with Gasteiger partial charge in [0.1, 0.15) is 17.0 Å². The lowest BCUT2D eigenvalue weighted by molar-refractivity contribution is 0.0378. The summed E-state index contributed by atoms with van der Waals surface area (Å²) in [6.07, 6.45) is 4.45. The van der Waals surface area contributed by atoms with Crippen molar-refractivity contribution in [2.75, 3.05) is 0 Å². The number of fused-ring (bicyclic) bond motifs is 4. The van der Waals surface area contributed by atoms with Crippen LogP contribution in [-0.4, -0.2) is 80.4 Å². The van der Waals surface area contributed by atoms with Gasteiger partial charge in [0.2, 0.25) is 0 Å². The third-order valence-corrected chi connectivity index (χ3v) is 13.2. The molecule has 0 unspecified atom stereocenters. The topological polar surface area (TPSA) is 241 Å². The number of rotatable bonds is 8. The van der Waals surface area contributed by atoms with E-state index in [0.29, 0.717) is 72.2 Å². The predicted molar refractivity (Wildman–Crippen MR) is 312 cm³/mol. The molecule has 0 amide bonds. The molecule has 10 aromatic rings. The summed E-state index contributed by atoms with van der Waals surface area (Å²) in [7, 11) is 0. The van der Waals surface area contributed by atoms with E-state index in [1.54, 1.807) is 46.3 Å². The number of aryl methyl sites for hydroxylation is 4. The van der Waals surface area contributed by atoms with Crippen molar-refractivity contribution in [3.05, 3.63) is 167 Å². The van der Waals surface area contributed by atoms with Crippen molar-refractivity contribution in [1.82, 2.24) is 68.4 Å². The minimum atomic E-state index is -0.503. The van der Waals surface area contributed by atoms with E-state index in [0.717, 1.165) is 39.1 Å². The molecule has 0 saturated heterocycles. The van der Waals surface area contributed by atoms with Gasteiger partial charge in [0, 0.05) is 56.5 Å². The number of esters is 1. The third-order valence-electron chi connectivity index (χ3n) is 13.2. The monoisotopic (exact) mass is 1080 g/mol. The first kappa shape index (κ1) is 58.6. The van der Waals surface area contributed by atoms with Gasteiger partial charge in [-0.2, -0.15) is 38.5 Å². The van der Waals surface area contributed by atoms with Gasteiger partial charge in [-0.05, 0) is 84.6 Å². The number of aromatic nitrogens is 14. The van der Waals surface area contributed by atoms with Crippen LogP contribution in [0.2, 0.25) is 0 Å². The van der Waals surface area contributed by atoms with E-state index >= 15 is 0 Å². The van der Waals surface area contributed by atoms with Crippen LogP contribution >= 0.6 is 0 Å². The van der Waals surface area contributed by atoms with Crippen LogP contribution in [0.1, 0.15) is 160 Å². The summed E-state index contributed by atoms with van der Waals surface area (Å²) in [6, 6.07) is 7.57. The average molecular weight is 1080 g/mol. The summed E-state index contributed by atoms with van der Waals surface area (Å²) in [5.41, 5.74) is 11.9. The fourth-order valence-electron chi connectivity index (χ4n) is 9.02. The van der Waals surface area contributed by atoms with Crippen LogP contribution in [-0.2, 0) is 4.74 Å². The third kappa shape index (κ3) is 11.3. The van der Waals surface area contributed by atoms with Gasteiger partial charge in [-0.25, -0.2) is 24.7 Å². The largest absolute Gasteiger partial charge is 0.459 e. The minimum absolute atomic E-state index is 0.0200. The highest BCUT2D eigenvalue weighted by atomic mass is 16.5. The van der Waals surface area contributed by atoms with Crippen molar-refractivity contribution in [2.24, 2.45) is 0 Å². The molecular formula is C60H68N14O6. The Balaban J connectivity index is 0.000000155. The molecule has 0 fully saturated rings. The van der Waals surface area contributed by atoms with E-state index in [2.05, 4.69) is 82.7 Å². The maximum Gasteiger partial charge on any atom is 0.344 e. The van der Waals surface area contributed by atoms with Gasteiger partial charge >= 0.3 is 5.97 Å². The fourth-order valence-corrected chi connectivity index (χ4v) is 9.02. The molecule has 0 radical (unpaired) electrons. The molecule has 9 aromatic heterocycles. The lowest BCUT2D eigenvalue weighted by Gasteiger charge is -2.10. The van der Waals surface area contributed by atoms with Crippen molar-refractivity contribution < 1.29 is 9.53 Å². The molecular weight excluding hydrogens is 1010 g/mol. The number of hydrogen-bond donors (Lipinski definition) is 0. The maximum absolute atomic E-state index is 12.5. The van der Waals surface area contributed by atoms with Gasteiger partial charge in [-0.1, -0.05) is 105 Å². The summed E-state index contributed by atoms with van der Waals surface area (Å²) in [6.45, 7) is 46.4. The zero-order chi connectivity index (χ0) is 59.1. The maximum atomic E-state index is 12.5. The Morgan fingerprint density at radius 2 is 1.09 bits per heavy atom. The van der Waals surface area contributed by atoms with Crippen LogP contribution in [0.25, 0.3) is 71.5 Å². The van der Waals surface area contributed by atoms with E-state index in [1.807, 2.05) is 95.2 Å². The fraction of sp³-hybridized carbons (Fsp3) is 0.350. The van der Waals surface area contributed by atoms with E-state index in [1.165, 1.54) is 29.7 Å². The van der Waals surface area contributed by atoms with Gasteiger partial charge in [-0.15, -0.1) is 0 Å². The molecule has 1 aromatic carbocycles. The van der Waals surface area contributed by atoms with Crippen LogP contribution in [0.3, 0.4) is 0 Å². The van der Waals surface area contributed by atoms with Gasteiger partial charge in [0.05, 0.1) is 51.7 Å². The molecule has 9 heterocycles. The highest BCUT2D eigenvalue weighted by molar-refractivity contribution is 5.97. The zero-order valence-electron chi connectivity index (χ0n) is 48.5. The van der Waals surface area contributed by atoms with Crippen LogP contribution in [0.15, 0.2) is 62.0 Å². The van der Waals surface area contributed by atoms with Gasteiger partial charge in [-0.3, -0.25) is 29.1 Å². The lowest BCUT2D eigenvalue weighted by atomic mass is 10.0. The molecule has 0 N–H and O–H groups in total. The Hall–Kier alpha value is -9.07. The predicted octanol–water partition coefficient (Wildman–Crippen LogP) is 5.91. The normalized spacial score (nSPS) is 11.5. The Morgan fingerprint density at radius 3 is 1.68 bits per heavy atom. The van der Waals surface area contributed by atoms with Gasteiger partial charge in [0.15, 0.2) is 22.6 Å². The summed E-state index contributed by atoms with van der Waals surface area (Å²) >= 11 is 0. The van der Waals surface area contributed by atoms with Gasteiger partial charge < -0.3 is 4.74 Å². The molecule has 20 heteroatoms. The lowest BCUT2D eigenvalue weighted by Crippen LogP contribution is -2.35. The van der Waals surface area contributed by atoms with Crippen LogP contribution in [0.4, 0.5) is 0 Å². The first-order valence-corrected chi connectivity index (χ1v) is 26.3. The first-order valence-electron chi connectivity index (χ1n) is 26.3. The summed E-state index contributed by atoms with van der Waals surface area (Å²) in [4.78, 5) is 87.7. The zero-order valence-corrected chi connectivity index (χ0v) is 48.5.